The third-order valence-corrected chi connectivity index (χ3v) is 2.86. The van der Waals surface area contributed by atoms with Gasteiger partial charge in [0.1, 0.15) is 6.04 Å². The minimum absolute atomic E-state index is 0.246. The summed E-state index contributed by atoms with van der Waals surface area (Å²) >= 11 is 0. The molecular weight excluding hydrogens is 170 g/mol. The van der Waals surface area contributed by atoms with Crippen molar-refractivity contribution >= 4 is 5.97 Å². The van der Waals surface area contributed by atoms with Crippen LogP contribution in [0.1, 0.15) is 19.3 Å². The summed E-state index contributed by atoms with van der Waals surface area (Å²) in [6.45, 7) is 0. The van der Waals surface area contributed by atoms with Gasteiger partial charge in [0, 0.05) is 7.11 Å². The lowest BCUT2D eigenvalue weighted by Crippen LogP contribution is -2.59. The molecule has 1 N–H and O–H groups in total. The van der Waals surface area contributed by atoms with E-state index in [1.54, 1.807) is 14.2 Å². The number of hydrogen-bond acceptors (Lipinski definition) is 4. The molecule has 76 valence electrons. The van der Waals surface area contributed by atoms with E-state index in [1.807, 2.05) is 0 Å². The average molecular weight is 187 g/mol. The third kappa shape index (κ3) is 1.69. The molecule has 1 unspecified atom stereocenters. The summed E-state index contributed by atoms with van der Waals surface area (Å²) in [7, 11) is 4.79. The molecule has 0 bridgehead atoms. The Balaban J connectivity index is 2.68. The lowest BCUT2D eigenvalue weighted by atomic mass is 9.74. The summed E-state index contributed by atoms with van der Waals surface area (Å²) < 4.78 is 10.1. The van der Waals surface area contributed by atoms with Crippen LogP contribution in [0.15, 0.2) is 0 Å². The monoisotopic (exact) mass is 187 g/mol. The highest BCUT2D eigenvalue weighted by Gasteiger charge is 2.47. The molecule has 0 aromatic heterocycles. The molecule has 0 saturated heterocycles. The van der Waals surface area contributed by atoms with Gasteiger partial charge in [-0.05, 0) is 26.3 Å². The zero-order valence-electron chi connectivity index (χ0n) is 8.42. The highest BCUT2D eigenvalue weighted by molar-refractivity contribution is 5.77. The van der Waals surface area contributed by atoms with Gasteiger partial charge >= 0.3 is 5.97 Å². The molecule has 1 fully saturated rings. The Morgan fingerprint density at radius 2 is 2.08 bits per heavy atom. The minimum Gasteiger partial charge on any atom is -0.468 e. The molecular formula is C9H17NO3. The molecule has 4 nitrogen and oxygen atoms in total. The minimum atomic E-state index is -0.337. The number of esters is 1. The van der Waals surface area contributed by atoms with Crippen molar-refractivity contribution in [2.75, 3.05) is 21.3 Å². The topological polar surface area (TPSA) is 47.6 Å². The molecule has 0 heterocycles. The Labute approximate surface area is 78.6 Å². The van der Waals surface area contributed by atoms with Crippen molar-refractivity contribution < 1.29 is 14.3 Å². The largest absolute Gasteiger partial charge is 0.468 e. The van der Waals surface area contributed by atoms with E-state index in [4.69, 9.17) is 9.47 Å². The second kappa shape index (κ2) is 4.07. The van der Waals surface area contributed by atoms with Gasteiger partial charge in [-0.3, -0.25) is 4.79 Å². The van der Waals surface area contributed by atoms with Crippen LogP contribution < -0.4 is 5.32 Å². The molecule has 1 aliphatic carbocycles. The SMILES string of the molecule is CNC(C(=O)OC)C1(OC)CCC1. The van der Waals surface area contributed by atoms with Crippen molar-refractivity contribution in [1.82, 2.24) is 5.32 Å². The van der Waals surface area contributed by atoms with E-state index in [0.29, 0.717) is 0 Å². The maximum absolute atomic E-state index is 11.4. The number of carbonyl (C=O) groups is 1. The molecule has 0 aliphatic heterocycles. The Hall–Kier alpha value is -0.610. The first-order valence-corrected chi connectivity index (χ1v) is 4.50. The lowest BCUT2D eigenvalue weighted by molar-refractivity contribution is -0.160. The van der Waals surface area contributed by atoms with Crippen LogP contribution in [0.4, 0.5) is 0 Å². The fraction of sp³-hybridized carbons (Fsp3) is 0.889. The van der Waals surface area contributed by atoms with Gasteiger partial charge in [-0.1, -0.05) is 0 Å². The molecule has 1 atom stereocenters. The van der Waals surface area contributed by atoms with E-state index in [1.165, 1.54) is 7.11 Å². The summed E-state index contributed by atoms with van der Waals surface area (Å²) in [5.41, 5.74) is -0.332. The van der Waals surface area contributed by atoms with Crippen LogP contribution in [0.5, 0.6) is 0 Å². The van der Waals surface area contributed by atoms with E-state index in [0.717, 1.165) is 19.3 Å². The van der Waals surface area contributed by atoms with Crippen LogP contribution in [0.2, 0.25) is 0 Å². The van der Waals surface area contributed by atoms with Gasteiger partial charge < -0.3 is 14.8 Å². The maximum atomic E-state index is 11.4. The number of ether oxygens (including phenoxy) is 2. The first-order chi connectivity index (χ1) is 6.20. The highest BCUT2D eigenvalue weighted by Crippen LogP contribution is 2.38. The summed E-state index contributed by atoms with van der Waals surface area (Å²) in [5, 5.41) is 2.95. The van der Waals surface area contributed by atoms with Gasteiger partial charge in [-0.2, -0.15) is 0 Å². The molecule has 4 heteroatoms. The zero-order valence-corrected chi connectivity index (χ0v) is 8.42. The fourth-order valence-electron chi connectivity index (χ4n) is 1.85. The summed E-state index contributed by atoms with van der Waals surface area (Å²) in [6, 6.07) is -0.337. The molecule has 13 heavy (non-hydrogen) atoms. The number of methoxy groups -OCH3 is 2. The number of rotatable bonds is 4. The Bertz CT molecular complexity index is 184. The number of carbonyl (C=O) groups excluding carboxylic acids is 1. The second-order valence-corrected chi connectivity index (χ2v) is 3.37. The van der Waals surface area contributed by atoms with E-state index >= 15 is 0 Å². The fourth-order valence-corrected chi connectivity index (χ4v) is 1.85. The van der Waals surface area contributed by atoms with Gasteiger partial charge in [-0.25, -0.2) is 0 Å². The summed E-state index contributed by atoms with van der Waals surface area (Å²) in [6.07, 6.45) is 2.96. The smallest absolute Gasteiger partial charge is 0.325 e. The number of nitrogens with one attached hydrogen (secondary N) is 1. The normalized spacial score (nSPS) is 21.8. The highest BCUT2D eigenvalue weighted by atomic mass is 16.5. The van der Waals surface area contributed by atoms with E-state index < -0.39 is 0 Å². The van der Waals surface area contributed by atoms with Crippen molar-refractivity contribution in [2.24, 2.45) is 0 Å². The van der Waals surface area contributed by atoms with Crippen molar-refractivity contribution in [3.05, 3.63) is 0 Å². The van der Waals surface area contributed by atoms with Crippen LogP contribution in [0.25, 0.3) is 0 Å². The van der Waals surface area contributed by atoms with Crippen molar-refractivity contribution in [1.29, 1.82) is 0 Å². The lowest BCUT2D eigenvalue weighted by Gasteiger charge is -2.44. The molecule has 1 rings (SSSR count). The van der Waals surface area contributed by atoms with Gasteiger partial charge in [0.05, 0.1) is 12.7 Å². The quantitative estimate of drug-likeness (QED) is 0.644. The van der Waals surface area contributed by atoms with Gasteiger partial charge in [0.2, 0.25) is 0 Å². The number of hydrogen-bond donors (Lipinski definition) is 1. The van der Waals surface area contributed by atoms with Crippen LogP contribution >= 0.6 is 0 Å². The van der Waals surface area contributed by atoms with Gasteiger partial charge in [-0.15, -0.1) is 0 Å². The zero-order chi connectivity index (χ0) is 9.90. The second-order valence-electron chi connectivity index (χ2n) is 3.37. The van der Waals surface area contributed by atoms with Gasteiger partial charge in [0.25, 0.3) is 0 Å². The van der Waals surface area contributed by atoms with Crippen molar-refractivity contribution in [2.45, 2.75) is 30.9 Å². The van der Waals surface area contributed by atoms with E-state index in [2.05, 4.69) is 5.32 Å². The van der Waals surface area contributed by atoms with E-state index in [9.17, 15) is 4.79 Å². The Morgan fingerprint density at radius 1 is 1.46 bits per heavy atom. The summed E-state index contributed by atoms with van der Waals surface area (Å²) in [4.78, 5) is 11.4. The molecule has 0 radical (unpaired) electrons. The van der Waals surface area contributed by atoms with Crippen LogP contribution in [0, 0.1) is 0 Å². The Morgan fingerprint density at radius 3 is 2.31 bits per heavy atom. The Kier molecular flexibility index (Phi) is 3.27. The van der Waals surface area contributed by atoms with Crippen LogP contribution in [-0.4, -0.2) is 38.9 Å². The molecule has 0 aromatic carbocycles. The number of likely N-dealkylation sites (N-methyl/N-ethyl adjacent to an activating group) is 1. The predicted molar refractivity (Wildman–Crippen MR) is 48.5 cm³/mol. The standard InChI is InChI=1S/C9H17NO3/c1-10-7(8(11)12-2)9(13-3)5-4-6-9/h7,10H,4-6H2,1-3H3. The van der Waals surface area contributed by atoms with Crippen LogP contribution in [-0.2, 0) is 14.3 Å². The molecule has 1 saturated carbocycles. The van der Waals surface area contributed by atoms with Gasteiger partial charge in [0.15, 0.2) is 0 Å². The molecule has 0 aromatic rings. The van der Waals surface area contributed by atoms with Crippen LogP contribution in [0.3, 0.4) is 0 Å². The summed E-state index contributed by atoms with van der Waals surface area (Å²) in [5.74, 6) is -0.246. The maximum Gasteiger partial charge on any atom is 0.325 e. The molecule has 1 aliphatic rings. The average Bonchev–Trinajstić information content (AvgIpc) is 2.10. The molecule has 0 spiro atoms. The first-order valence-electron chi connectivity index (χ1n) is 4.50. The van der Waals surface area contributed by atoms with Crippen molar-refractivity contribution in [3.63, 3.8) is 0 Å². The third-order valence-electron chi connectivity index (χ3n) is 2.86. The van der Waals surface area contributed by atoms with E-state index in [-0.39, 0.29) is 17.6 Å². The predicted octanol–water partition coefficient (Wildman–Crippen LogP) is 0.316. The van der Waals surface area contributed by atoms with Crippen molar-refractivity contribution in [3.8, 4) is 0 Å². The first kappa shape index (κ1) is 10.5. The molecule has 0 amide bonds.